The second-order valence-electron chi connectivity index (χ2n) is 10.2. The molecule has 0 aromatic heterocycles. The summed E-state index contributed by atoms with van der Waals surface area (Å²) in [4.78, 5) is 0. The van der Waals surface area contributed by atoms with Gasteiger partial charge in [-0.3, -0.25) is 0 Å². The highest BCUT2D eigenvalue weighted by Gasteiger charge is 2.18. The van der Waals surface area contributed by atoms with Crippen molar-refractivity contribution in [2.45, 2.75) is 7.43 Å². The third-order valence-electron chi connectivity index (χ3n) is 7.97. The molecule has 0 amide bonds. The molecule has 0 nitrogen and oxygen atoms in total. The van der Waals surface area contributed by atoms with Crippen molar-refractivity contribution >= 4 is 53.9 Å². The predicted octanol–water partition coefficient (Wildman–Crippen LogP) is 11.4. The molecule has 0 spiro atoms. The van der Waals surface area contributed by atoms with E-state index in [0.29, 0.717) is 0 Å². The lowest BCUT2D eigenvalue weighted by Gasteiger charge is -2.19. The van der Waals surface area contributed by atoms with Crippen LogP contribution in [-0.2, 0) is 0 Å². The van der Waals surface area contributed by atoms with E-state index in [-0.39, 0.29) is 7.43 Å². The molecule has 8 rings (SSSR count). The van der Waals surface area contributed by atoms with Gasteiger partial charge in [-0.15, -0.1) is 0 Å². The van der Waals surface area contributed by atoms with Crippen molar-refractivity contribution in [2.24, 2.45) is 0 Å². The highest BCUT2D eigenvalue weighted by Crippen LogP contribution is 2.45. The zero-order valence-corrected chi connectivity index (χ0v) is 20.9. The summed E-state index contributed by atoms with van der Waals surface area (Å²) in [6.07, 6.45) is 0. The van der Waals surface area contributed by atoms with E-state index in [1.807, 2.05) is 0 Å². The summed E-state index contributed by atoms with van der Waals surface area (Å²) >= 11 is 0. The molecule has 0 N–H and O–H groups in total. The molecule has 184 valence electrons. The van der Waals surface area contributed by atoms with Gasteiger partial charge in [-0.2, -0.15) is 0 Å². The number of hydrogen-bond acceptors (Lipinski definition) is 0. The lowest BCUT2D eigenvalue weighted by Crippen LogP contribution is -1.92. The molecule has 8 aromatic carbocycles. The Hall–Kier alpha value is -4.94. The first-order valence-corrected chi connectivity index (χ1v) is 13.2. The minimum absolute atomic E-state index is 0. The Labute approximate surface area is 228 Å². The van der Waals surface area contributed by atoms with Crippen LogP contribution in [0.3, 0.4) is 0 Å². The molecule has 0 aliphatic carbocycles. The van der Waals surface area contributed by atoms with Crippen LogP contribution >= 0.6 is 0 Å². The van der Waals surface area contributed by atoms with Crippen molar-refractivity contribution in [1.82, 2.24) is 0 Å². The minimum atomic E-state index is 0. The van der Waals surface area contributed by atoms with Gasteiger partial charge >= 0.3 is 0 Å². The van der Waals surface area contributed by atoms with Crippen molar-refractivity contribution in [1.29, 1.82) is 0 Å². The number of fused-ring (bicyclic) bond motifs is 5. The topological polar surface area (TPSA) is 0 Å². The van der Waals surface area contributed by atoms with Crippen LogP contribution in [0.5, 0.6) is 0 Å². The number of hydrogen-bond donors (Lipinski definition) is 0. The highest BCUT2D eigenvalue weighted by atomic mass is 14.2. The molecule has 0 unspecified atom stereocenters. The summed E-state index contributed by atoms with van der Waals surface area (Å²) in [6.45, 7) is 0. The van der Waals surface area contributed by atoms with E-state index in [0.717, 1.165) is 0 Å². The van der Waals surface area contributed by atoms with Gasteiger partial charge in [-0.25, -0.2) is 0 Å². The first-order chi connectivity index (χ1) is 18.8. The molecule has 0 aliphatic rings. The van der Waals surface area contributed by atoms with E-state index < -0.39 is 0 Å². The molecule has 8 aromatic rings. The van der Waals surface area contributed by atoms with Gasteiger partial charge in [-0.1, -0.05) is 129 Å². The first kappa shape index (κ1) is 23.2. The molecule has 0 atom stereocenters. The molecule has 0 saturated heterocycles. The van der Waals surface area contributed by atoms with Gasteiger partial charge in [0.1, 0.15) is 0 Å². The summed E-state index contributed by atoms with van der Waals surface area (Å²) in [5, 5.41) is 12.8. The summed E-state index contributed by atoms with van der Waals surface area (Å²) < 4.78 is 0. The van der Waals surface area contributed by atoms with Crippen LogP contribution in [0.25, 0.3) is 76.1 Å². The van der Waals surface area contributed by atoms with Gasteiger partial charge in [0, 0.05) is 0 Å². The van der Waals surface area contributed by atoms with E-state index in [1.165, 1.54) is 76.1 Å². The Morgan fingerprint density at radius 2 is 0.590 bits per heavy atom. The molecule has 39 heavy (non-hydrogen) atoms. The normalized spacial score (nSPS) is 11.4. The van der Waals surface area contributed by atoms with Crippen LogP contribution in [0, 0.1) is 0 Å². The van der Waals surface area contributed by atoms with Crippen LogP contribution < -0.4 is 0 Å². The van der Waals surface area contributed by atoms with E-state index in [4.69, 9.17) is 0 Å². The number of rotatable bonds is 2. The van der Waals surface area contributed by atoms with Gasteiger partial charge < -0.3 is 0 Å². The number of benzene rings is 8. The zero-order chi connectivity index (χ0) is 25.1. The van der Waals surface area contributed by atoms with E-state index in [9.17, 15) is 0 Å². The van der Waals surface area contributed by atoms with Gasteiger partial charge in [-0.05, 0) is 100 Å². The van der Waals surface area contributed by atoms with Gasteiger partial charge in [0.05, 0.1) is 0 Å². The van der Waals surface area contributed by atoms with Crippen LogP contribution in [0.4, 0.5) is 0 Å². The van der Waals surface area contributed by atoms with Crippen molar-refractivity contribution in [2.75, 3.05) is 0 Å². The monoisotopic (exact) mass is 496 g/mol. The van der Waals surface area contributed by atoms with E-state index in [2.05, 4.69) is 146 Å². The van der Waals surface area contributed by atoms with Crippen LogP contribution in [0.1, 0.15) is 7.43 Å². The van der Waals surface area contributed by atoms with Crippen LogP contribution in [-0.4, -0.2) is 0 Å². The van der Waals surface area contributed by atoms with E-state index >= 15 is 0 Å². The Morgan fingerprint density at radius 3 is 1.00 bits per heavy atom. The average molecular weight is 497 g/mol. The maximum Gasteiger partial charge on any atom is -0.00259 e. The van der Waals surface area contributed by atoms with Gasteiger partial charge in [0.25, 0.3) is 0 Å². The summed E-state index contributed by atoms with van der Waals surface area (Å²) in [7, 11) is 0. The predicted molar refractivity (Wildman–Crippen MR) is 172 cm³/mol. The lowest BCUT2D eigenvalue weighted by atomic mass is 9.84. The molecule has 0 bridgehead atoms. The van der Waals surface area contributed by atoms with Gasteiger partial charge in [0.2, 0.25) is 0 Å². The van der Waals surface area contributed by atoms with Gasteiger partial charge in [0.15, 0.2) is 0 Å². The fourth-order valence-electron chi connectivity index (χ4n) is 6.17. The van der Waals surface area contributed by atoms with Crippen LogP contribution in [0.2, 0.25) is 0 Å². The van der Waals surface area contributed by atoms with Crippen molar-refractivity contribution < 1.29 is 0 Å². The fraction of sp³-hybridized carbons (Fsp3) is 0.0256. The molecule has 0 aliphatic heterocycles. The van der Waals surface area contributed by atoms with Crippen molar-refractivity contribution in [3.05, 3.63) is 146 Å². The summed E-state index contributed by atoms with van der Waals surface area (Å²) in [5.74, 6) is 0. The molecule has 0 heteroatoms. The zero-order valence-electron chi connectivity index (χ0n) is 20.9. The molecular formula is C39H28. The molecule has 0 heterocycles. The quantitative estimate of drug-likeness (QED) is 0.209. The maximum absolute atomic E-state index is 2.40. The summed E-state index contributed by atoms with van der Waals surface area (Å²) in [6, 6.07) is 53.5. The lowest BCUT2D eigenvalue weighted by molar-refractivity contribution is 1.69. The molecule has 0 fully saturated rings. The second kappa shape index (κ2) is 9.11. The molecule has 0 radical (unpaired) electrons. The Kier molecular flexibility index (Phi) is 5.42. The van der Waals surface area contributed by atoms with Crippen molar-refractivity contribution in [3.63, 3.8) is 0 Å². The highest BCUT2D eigenvalue weighted by molar-refractivity contribution is 6.24. The Bertz CT molecular complexity index is 2030. The molecule has 0 saturated carbocycles. The standard InChI is InChI=1S/C38H24.CH4/c1-3-11-27-21-31(19-17-25(27)9-1)37-33-15-7-8-16-34(33)38(32-20-18-26-10-2-4-12-28(26)22-32)36-24-30-14-6-5-13-29(30)23-35(36)37;/h1-24H;1H4. The third kappa shape index (κ3) is 3.68. The first-order valence-electron chi connectivity index (χ1n) is 13.2. The minimum Gasteiger partial charge on any atom is -0.0776 e. The average Bonchev–Trinajstić information content (AvgIpc) is 2.98. The van der Waals surface area contributed by atoms with Crippen LogP contribution in [0.15, 0.2) is 146 Å². The fourth-order valence-corrected chi connectivity index (χ4v) is 6.17. The molecular weight excluding hydrogens is 468 g/mol. The maximum atomic E-state index is 2.40. The largest absolute Gasteiger partial charge is 0.0776 e. The van der Waals surface area contributed by atoms with Crippen molar-refractivity contribution in [3.8, 4) is 22.3 Å². The summed E-state index contributed by atoms with van der Waals surface area (Å²) in [5.41, 5.74) is 5.11. The third-order valence-corrected chi connectivity index (χ3v) is 7.97. The second-order valence-corrected chi connectivity index (χ2v) is 10.2. The van der Waals surface area contributed by atoms with E-state index in [1.54, 1.807) is 0 Å². The smallest absolute Gasteiger partial charge is 0.00259 e. The Balaban J connectivity index is 0.00000253. The Morgan fingerprint density at radius 1 is 0.256 bits per heavy atom. The SMILES string of the molecule is C.c1ccc2cc(-c3c4ccccc4c(-c4ccc5ccccc5c4)c4cc5ccccc5cc34)ccc2c1.